The highest BCUT2D eigenvalue weighted by Gasteiger charge is 2.40. The van der Waals surface area contributed by atoms with Crippen LogP contribution in [-0.4, -0.2) is 95.3 Å². The Balaban J connectivity index is 2.25. The first-order valence-corrected chi connectivity index (χ1v) is 14.8. The summed E-state index contributed by atoms with van der Waals surface area (Å²) < 4.78 is 5.57. The van der Waals surface area contributed by atoms with Gasteiger partial charge in [0.25, 0.3) is 0 Å². The zero-order valence-corrected chi connectivity index (χ0v) is 26.8. The standard InChI is InChI=1S/C31H54N4O5/c1-20(2)24(19-21(3)27(37)35-18-14-16-23(35)29(39)40-31(7,8)9)34(11)28(38)25(30(4,5)6)32-26(36)22-15-12-13-17-33(22)10/h19-20,22-25H,12-18H2,1-11H3,(H,32,36)/b21-19+/t22?,23-,24+,25+/m0/s1. The number of hydrogen-bond acceptors (Lipinski definition) is 6. The van der Waals surface area contributed by atoms with E-state index in [0.717, 1.165) is 32.2 Å². The number of nitrogens with zero attached hydrogens (tertiary/aromatic N) is 3. The third-order valence-corrected chi connectivity index (χ3v) is 7.90. The predicted molar refractivity (Wildman–Crippen MR) is 157 cm³/mol. The fourth-order valence-electron chi connectivity index (χ4n) is 5.57. The molecule has 0 aromatic rings. The lowest BCUT2D eigenvalue weighted by atomic mass is 9.84. The summed E-state index contributed by atoms with van der Waals surface area (Å²) in [5, 5.41) is 3.07. The molecule has 9 heteroatoms. The van der Waals surface area contributed by atoms with Crippen LogP contribution in [-0.2, 0) is 23.9 Å². The molecule has 0 radical (unpaired) electrons. The highest BCUT2D eigenvalue weighted by Crippen LogP contribution is 2.27. The van der Waals surface area contributed by atoms with Gasteiger partial charge >= 0.3 is 5.97 Å². The monoisotopic (exact) mass is 562 g/mol. The summed E-state index contributed by atoms with van der Waals surface area (Å²) in [6.45, 7) is 18.4. The van der Waals surface area contributed by atoms with Crippen molar-refractivity contribution in [2.24, 2.45) is 11.3 Å². The van der Waals surface area contributed by atoms with Gasteiger partial charge in [0, 0.05) is 19.2 Å². The van der Waals surface area contributed by atoms with Crippen molar-refractivity contribution in [2.75, 3.05) is 27.2 Å². The van der Waals surface area contributed by atoms with Gasteiger partial charge in [-0.3, -0.25) is 19.3 Å². The molecule has 0 aromatic heterocycles. The quantitative estimate of drug-likeness (QED) is 0.357. The normalized spacial score (nSPS) is 22.6. The van der Waals surface area contributed by atoms with Crippen LogP contribution in [0.2, 0.25) is 0 Å². The smallest absolute Gasteiger partial charge is 0.329 e. The molecule has 1 unspecified atom stereocenters. The number of carbonyl (C=O) groups is 4. The van der Waals surface area contributed by atoms with Crippen molar-refractivity contribution in [1.29, 1.82) is 0 Å². The molecular formula is C31H54N4O5. The molecule has 4 atom stereocenters. The first kappa shape index (κ1) is 33.8. The number of ether oxygens (including phenoxy) is 1. The van der Waals surface area contributed by atoms with E-state index in [0.29, 0.717) is 18.5 Å². The van der Waals surface area contributed by atoms with Gasteiger partial charge < -0.3 is 19.9 Å². The van der Waals surface area contributed by atoms with Crippen molar-refractivity contribution >= 4 is 23.7 Å². The fraction of sp³-hybridized carbons (Fsp3) is 0.806. The minimum atomic E-state index is -0.721. The minimum Gasteiger partial charge on any atom is -0.458 e. The molecule has 3 amide bonds. The number of nitrogens with one attached hydrogen (secondary N) is 1. The topological polar surface area (TPSA) is 99.3 Å². The molecular weight excluding hydrogens is 508 g/mol. The zero-order valence-electron chi connectivity index (χ0n) is 26.8. The van der Waals surface area contributed by atoms with Gasteiger partial charge in [-0.15, -0.1) is 0 Å². The van der Waals surface area contributed by atoms with Gasteiger partial charge in [0.15, 0.2) is 0 Å². The zero-order chi connectivity index (χ0) is 30.6. The maximum atomic E-state index is 13.9. The Morgan fingerprint density at radius 2 is 1.55 bits per heavy atom. The Bertz CT molecular complexity index is 962. The van der Waals surface area contributed by atoms with E-state index in [1.165, 1.54) is 0 Å². The molecule has 228 valence electrons. The first-order valence-electron chi connectivity index (χ1n) is 14.8. The molecule has 0 bridgehead atoms. The van der Waals surface area contributed by atoms with Crippen molar-refractivity contribution in [2.45, 2.75) is 124 Å². The molecule has 40 heavy (non-hydrogen) atoms. The van der Waals surface area contributed by atoms with E-state index in [-0.39, 0.29) is 41.7 Å². The van der Waals surface area contributed by atoms with Gasteiger partial charge in [-0.1, -0.05) is 47.1 Å². The average Bonchev–Trinajstić information content (AvgIpc) is 3.32. The number of amides is 3. The number of piperidine rings is 1. The second-order valence-electron chi connectivity index (χ2n) is 14.0. The summed E-state index contributed by atoms with van der Waals surface area (Å²) in [6, 6.07) is -1.94. The van der Waals surface area contributed by atoms with E-state index in [1.807, 2.05) is 68.5 Å². The van der Waals surface area contributed by atoms with E-state index in [2.05, 4.69) is 10.2 Å². The second kappa shape index (κ2) is 13.5. The van der Waals surface area contributed by atoms with E-state index < -0.39 is 23.1 Å². The second-order valence-corrected chi connectivity index (χ2v) is 14.0. The van der Waals surface area contributed by atoms with Crippen molar-refractivity contribution < 1.29 is 23.9 Å². The van der Waals surface area contributed by atoms with Crippen LogP contribution in [0.4, 0.5) is 0 Å². The number of hydrogen-bond donors (Lipinski definition) is 1. The van der Waals surface area contributed by atoms with Gasteiger partial charge in [-0.05, 0) is 78.3 Å². The van der Waals surface area contributed by atoms with Crippen LogP contribution in [0.25, 0.3) is 0 Å². The van der Waals surface area contributed by atoms with Crippen LogP contribution in [0.3, 0.4) is 0 Å². The molecule has 2 aliphatic rings. The Kier molecular flexibility index (Phi) is 11.4. The molecule has 2 fully saturated rings. The van der Waals surface area contributed by atoms with Crippen molar-refractivity contribution in [3.8, 4) is 0 Å². The molecule has 0 aliphatic carbocycles. The maximum Gasteiger partial charge on any atom is 0.329 e. The van der Waals surface area contributed by atoms with Crippen molar-refractivity contribution in [1.82, 2.24) is 20.0 Å². The highest BCUT2D eigenvalue weighted by atomic mass is 16.6. The van der Waals surface area contributed by atoms with E-state index >= 15 is 0 Å². The third kappa shape index (κ3) is 8.79. The lowest BCUT2D eigenvalue weighted by Gasteiger charge is -2.39. The summed E-state index contributed by atoms with van der Waals surface area (Å²) in [5.74, 6) is -0.902. The summed E-state index contributed by atoms with van der Waals surface area (Å²) in [7, 11) is 3.69. The number of carbonyl (C=O) groups excluding carboxylic acids is 4. The highest BCUT2D eigenvalue weighted by molar-refractivity contribution is 5.96. The van der Waals surface area contributed by atoms with Crippen LogP contribution in [0.1, 0.15) is 94.4 Å². The molecule has 0 spiro atoms. The van der Waals surface area contributed by atoms with E-state index in [4.69, 9.17) is 4.74 Å². The SMILES string of the molecule is C/C(=C\[C@H](C(C)C)N(C)C(=O)[C@@H](NC(=O)C1CCCCN1C)C(C)(C)C)C(=O)N1CCC[C@H]1C(=O)OC(C)(C)C. The van der Waals surface area contributed by atoms with Crippen molar-refractivity contribution in [3.63, 3.8) is 0 Å². The lowest BCUT2D eigenvalue weighted by molar-refractivity contribution is -0.162. The van der Waals surface area contributed by atoms with Gasteiger partial charge in [0.2, 0.25) is 17.7 Å². The summed E-state index contributed by atoms with van der Waals surface area (Å²) in [4.78, 5) is 58.8. The summed E-state index contributed by atoms with van der Waals surface area (Å²) >= 11 is 0. The average molecular weight is 563 g/mol. The molecule has 1 N–H and O–H groups in total. The predicted octanol–water partition coefficient (Wildman–Crippen LogP) is 3.76. The molecule has 2 rings (SSSR count). The Labute approximate surface area is 242 Å². The van der Waals surface area contributed by atoms with E-state index in [9.17, 15) is 19.2 Å². The number of likely N-dealkylation sites (N-methyl/N-ethyl adjacent to an activating group) is 2. The lowest BCUT2D eigenvalue weighted by Crippen LogP contribution is -2.59. The largest absolute Gasteiger partial charge is 0.458 e. The summed E-state index contributed by atoms with van der Waals surface area (Å²) in [6.07, 6.45) is 5.98. The molecule has 2 saturated heterocycles. The van der Waals surface area contributed by atoms with Crippen LogP contribution in [0.15, 0.2) is 11.6 Å². The number of esters is 1. The number of likely N-dealkylation sites (tertiary alicyclic amines) is 2. The minimum absolute atomic E-state index is 0.0118. The van der Waals surface area contributed by atoms with Gasteiger partial charge in [-0.2, -0.15) is 0 Å². The van der Waals surface area contributed by atoms with Gasteiger partial charge in [0.1, 0.15) is 17.7 Å². The first-order chi connectivity index (χ1) is 18.3. The van der Waals surface area contributed by atoms with Crippen LogP contribution >= 0.6 is 0 Å². The van der Waals surface area contributed by atoms with Crippen LogP contribution in [0, 0.1) is 11.3 Å². The maximum absolute atomic E-state index is 13.9. The van der Waals surface area contributed by atoms with Gasteiger partial charge in [0.05, 0.1) is 12.1 Å². The van der Waals surface area contributed by atoms with Crippen LogP contribution < -0.4 is 5.32 Å². The Hall–Kier alpha value is -2.42. The molecule has 0 aromatic carbocycles. The summed E-state index contributed by atoms with van der Waals surface area (Å²) in [5.41, 5.74) is -0.661. The molecule has 9 nitrogen and oxygen atoms in total. The van der Waals surface area contributed by atoms with Crippen LogP contribution in [0.5, 0.6) is 0 Å². The molecule has 0 saturated carbocycles. The van der Waals surface area contributed by atoms with Crippen molar-refractivity contribution in [3.05, 3.63) is 11.6 Å². The Morgan fingerprint density at radius 3 is 2.08 bits per heavy atom. The molecule has 2 heterocycles. The Morgan fingerprint density at radius 1 is 0.950 bits per heavy atom. The fourth-order valence-corrected chi connectivity index (χ4v) is 5.57. The van der Waals surface area contributed by atoms with E-state index in [1.54, 1.807) is 23.8 Å². The number of rotatable bonds is 8. The molecule has 2 aliphatic heterocycles. The third-order valence-electron chi connectivity index (χ3n) is 7.90. The van der Waals surface area contributed by atoms with Gasteiger partial charge in [-0.25, -0.2) is 4.79 Å².